The highest BCUT2D eigenvalue weighted by Gasteiger charge is 2.21. The van der Waals surface area contributed by atoms with Crippen LogP contribution in [-0.4, -0.2) is 9.97 Å². The van der Waals surface area contributed by atoms with Gasteiger partial charge in [0.25, 0.3) is 0 Å². The Morgan fingerprint density at radius 2 is 1.91 bits per heavy atom. The first kappa shape index (κ1) is 23.1. The quantitative estimate of drug-likeness (QED) is 0.467. The molecule has 0 saturated heterocycles. The molecule has 0 amide bonds. The van der Waals surface area contributed by atoms with Gasteiger partial charge in [0.05, 0.1) is 11.4 Å². The van der Waals surface area contributed by atoms with Gasteiger partial charge in [0.15, 0.2) is 0 Å². The predicted octanol–water partition coefficient (Wildman–Crippen LogP) is 8.09. The van der Waals surface area contributed by atoms with Gasteiger partial charge >= 0.3 is 0 Å². The highest BCUT2D eigenvalue weighted by molar-refractivity contribution is 5.89. The lowest BCUT2D eigenvalue weighted by Gasteiger charge is -2.15. The van der Waals surface area contributed by atoms with E-state index in [1.165, 1.54) is 16.7 Å². The molecule has 2 aliphatic carbocycles. The first-order chi connectivity index (χ1) is 15.7. The van der Waals surface area contributed by atoms with Gasteiger partial charge in [0.2, 0.25) is 0 Å². The minimum Gasteiger partial charge on any atom is -0.254 e. The Bertz CT molecular complexity index is 1170. The fourth-order valence-electron chi connectivity index (χ4n) is 3.92. The van der Waals surface area contributed by atoms with Crippen molar-refractivity contribution in [3.05, 3.63) is 114 Å². The van der Waals surface area contributed by atoms with Crippen LogP contribution in [0.25, 0.3) is 28.6 Å². The topological polar surface area (TPSA) is 25.8 Å². The molecule has 2 aromatic heterocycles. The van der Waals surface area contributed by atoms with E-state index < -0.39 is 0 Å². The highest BCUT2D eigenvalue weighted by Crippen LogP contribution is 2.37. The maximum absolute atomic E-state index is 4.93. The van der Waals surface area contributed by atoms with E-state index in [9.17, 15) is 0 Å². The van der Waals surface area contributed by atoms with Gasteiger partial charge in [0.1, 0.15) is 0 Å². The second-order valence-corrected chi connectivity index (χ2v) is 7.46. The van der Waals surface area contributed by atoms with Gasteiger partial charge in [-0.15, -0.1) is 0 Å². The lowest BCUT2D eigenvalue weighted by molar-refractivity contribution is 1.13. The lowest BCUT2D eigenvalue weighted by atomic mass is 9.93. The molecule has 2 nitrogen and oxygen atoms in total. The van der Waals surface area contributed by atoms with Crippen molar-refractivity contribution >= 4 is 17.2 Å². The molecule has 0 bridgehead atoms. The lowest BCUT2D eigenvalue weighted by Crippen LogP contribution is -2.02. The molecule has 2 heteroatoms. The summed E-state index contributed by atoms with van der Waals surface area (Å²) in [5.41, 5.74) is 9.76. The minimum atomic E-state index is 0.806. The number of hydrogen-bond donors (Lipinski definition) is 0. The Kier molecular flexibility index (Phi) is 8.10. The zero-order valence-corrected chi connectivity index (χ0v) is 19.6. The zero-order chi connectivity index (χ0) is 22.9. The predicted molar refractivity (Wildman–Crippen MR) is 140 cm³/mol. The van der Waals surface area contributed by atoms with E-state index in [1.54, 1.807) is 0 Å². The maximum Gasteiger partial charge on any atom is 0.0970 e. The minimum absolute atomic E-state index is 0.806. The summed E-state index contributed by atoms with van der Waals surface area (Å²) in [5.74, 6) is 0. The maximum atomic E-state index is 4.93. The van der Waals surface area contributed by atoms with Crippen LogP contribution in [0.2, 0.25) is 0 Å². The van der Waals surface area contributed by atoms with E-state index in [2.05, 4.69) is 68.2 Å². The average molecular weight is 421 g/mol. The summed E-state index contributed by atoms with van der Waals surface area (Å²) in [6, 6.07) is 4.23. The number of nitrogens with zero attached hydrogens (tertiary/aromatic N) is 2. The molecular formula is C30H32N2. The molecule has 0 N–H and O–H groups in total. The number of pyridine rings is 2. The summed E-state index contributed by atoms with van der Waals surface area (Å²) in [5, 5.41) is 0. The normalized spacial score (nSPS) is 14.3. The summed E-state index contributed by atoms with van der Waals surface area (Å²) in [7, 11) is 0. The first-order valence-corrected chi connectivity index (χ1v) is 11.4. The number of aryl methyl sites for hydroxylation is 1. The van der Waals surface area contributed by atoms with Crippen molar-refractivity contribution in [3.63, 3.8) is 0 Å². The SMILES string of the molecule is C=C(/C=C\C=C/C)c1ccnc2c1CC=Cc1c(C3=CCC=CC=C3)cc(C)nc1-2.CC. The van der Waals surface area contributed by atoms with Gasteiger partial charge in [-0.2, -0.15) is 0 Å². The number of rotatable bonds is 4. The molecular weight excluding hydrogens is 388 g/mol. The van der Waals surface area contributed by atoms with Crippen LogP contribution >= 0.6 is 0 Å². The van der Waals surface area contributed by atoms with Crippen molar-refractivity contribution < 1.29 is 0 Å². The average Bonchev–Trinajstić information content (AvgIpc) is 3.19. The molecule has 0 saturated carbocycles. The van der Waals surface area contributed by atoms with Crippen LogP contribution in [0.15, 0.2) is 85.7 Å². The number of aromatic nitrogens is 2. The van der Waals surface area contributed by atoms with Crippen molar-refractivity contribution in [2.45, 2.75) is 40.5 Å². The second-order valence-electron chi connectivity index (χ2n) is 7.46. The van der Waals surface area contributed by atoms with E-state index in [4.69, 9.17) is 9.97 Å². The van der Waals surface area contributed by atoms with E-state index in [-0.39, 0.29) is 0 Å². The monoisotopic (exact) mass is 420 g/mol. The largest absolute Gasteiger partial charge is 0.254 e. The number of hydrogen-bond acceptors (Lipinski definition) is 2. The molecule has 0 unspecified atom stereocenters. The molecule has 2 aromatic rings. The van der Waals surface area contributed by atoms with Gasteiger partial charge in [-0.1, -0.05) is 87.3 Å². The van der Waals surface area contributed by atoms with Gasteiger partial charge in [-0.3, -0.25) is 9.97 Å². The molecule has 0 aliphatic heterocycles. The van der Waals surface area contributed by atoms with Crippen LogP contribution in [0.4, 0.5) is 0 Å². The van der Waals surface area contributed by atoms with Crippen molar-refractivity contribution in [1.82, 2.24) is 9.97 Å². The van der Waals surface area contributed by atoms with Crippen LogP contribution in [0, 0.1) is 6.92 Å². The van der Waals surface area contributed by atoms with Crippen LogP contribution in [-0.2, 0) is 6.42 Å². The summed E-state index contributed by atoms with van der Waals surface area (Å²) in [6.07, 6.45) is 26.9. The summed E-state index contributed by atoms with van der Waals surface area (Å²) < 4.78 is 0. The standard InChI is InChI=1S/C28H26N2.C2H6/c1-4-5-8-12-20(2)23-17-18-29-27-24(23)15-11-16-25-26(19-21(3)30-28(25)27)22-13-9-6-7-10-14-22;1-2/h4-9,11-14,16-19H,2,10,15H2,1,3H3;1-2H3/b5-4-,12-8-;. The first-order valence-electron chi connectivity index (χ1n) is 11.4. The molecule has 0 spiro atoms. The summed E-state index contributed by atoms with van der Waals surface area (Å²) in [4.78, 5) is 9.70. The molecule has 0 fully saturated rings. The molecule has 4 rings (SSSR count). The van der Waals surface area contributed by atoms with Crippen molar-refractivity contribution in [1.29, 1.82) is 0 Å². The fourth-order valence-corrected chi connectivity index (χ4v) is 3.92. The van der Waals surface area contributed by atoms with Crippen LogP contribution in [0.3, 0.4) is 0 Å². The summed E-state index contributed by atoms with van der Waals surface area (Å²) >= 11 is 0. The van der Waals surface area contributed by atoms with Crippen LogP contribution in [0.5, 0.6) is 0 Å². The molecule has 2 heterocycles. The third kappa shape index (κ3) is 5.03. The molecule has 32 heavy (non-hydrogen) atoms. The Hall–Kier alpha value is -3.52. The Morgan fingerprint density at radius 3 is 2.72 bits per heavy atom. The van der Waals surface area contributed by atoms with Crippen LogP contribution < -0.4 is 0 Å². The summed E-state index contributed by atoms with van der Waals surface area (Å²) in [6.45, 7) is 12.4. The van der Waals surface area contributed by atoms with Crippen molar-refractivity contribution in [2.24, 2.45) is 0 Å². The Labute approximate surface area is 192 Å². The van der Waals surface area contributed by atoms with E-state index in [0.29, 0.717) is 0 Å². The van der Waals surface area contributed by atoms with E-state index >= 15 is 0 Å². The fraction of sp³-hybridized carbons (Fsp3) is 0.200. The van der Waals surface area contributed by atoms with Gasteiger partial charge in [-0.25, -0.2) is 0 Å². The number of allylic oxidation sites excluding steroid dienone is 12. The second kappa shape index (κ2) is 11.2. The van der Waals surface area contributed by atoms with Crippen molar-refractivity contribution in [3.8, 4) is 11.4 Å². The van der Waals surface area contributed by atoms with Crippen molar-refractivity contribution in [2.75, 3.05) is 0 Å². The third-order valence-corrected chi connectivity index (χ3v) is 5.33. The smallest absolute Gasteiger partial charge is 0.0970 e. The van der Waals surface area contributed by atoms with Gasteiger partial charge < -0.3 is 0 Å². The number of fused-ring (bicyclic) bond motifs is 3. The van der Waals surface area contributed by atoms with E-state index in [0.717, 1.165) is 46.6 Å². The highest BCUT2D eigenvalue weighted by atomic mass is 14.8. The molecule has 2 aliphatic rings. The Morgan fingerprint density at radius 1 is 1.06 bits per heavy atom. The molecule has 0 radical (unpaired) electrons. The van der Waals surface area contributed by atoms with Gasteiger partial charge in [0, 0.05) is 17.5 Å². The van der Waals surface area contributed by atoms with Crippen LogP contribution in [0.1, 0.15) is 55.1 Å². The zero-order valence-electron chi connectivity index (χ0n) is 19.6. The molecule has 0 atom stereocenters. The van der Waals surface area contributed by atoms with E-state index in [1.807, 2.05) is 51.3 Å². The Balaban J connectivity index is 0.00000141. The van der Waals surface area contributed by atoms with Gasteiger partial charge in [-0.05, 0) is 66.7 Å². The molecule has 0 aromatic carbocycles. The molecule has 162 valence electrons. The third-order valence-electron chi connectivity index (χ3n) is 5.33.